The first-order chi connectivity index (χ1) is 16.5. The van der Waals surface area contributed by atoms with Crippen molar-refractivity contribution < 1.29 is 9.84 Å². The molecule has 0 unspecified atom stereocenters. The summed E-state index contributed by atoms with van der Waals surface area (Å²) in [5, 5.41) is 8.35. The lowest BCUT2D eigenvalue weighted by Gasteiger charge is -2.22. The molecular weight excluding hydrogens is 436 g/mol. The summed E-state index contributed by atoms with van der Waals surface area (Å²) >= 11 is 1.89. The number of ether oxygens (including phenoxy) is 1. The molecule has 1 aromatic carbocycles. The van der Waals surface area contributed by atoms with Crippen LogP contribution in [0.4, 0.5) is 0 Å². The van der Waals surface area contributed by atoms with E-state index in [2.05, 4.69) is 52.0 Å². The summed E-state index contributed by atoms with van der Waals surface area (Å²) in [6.07, 6.45) is 20.4. The molecule has 34 heavy (non-hydrogen) atoms. The van der Waals surface area contributed by atoms with Gasteiger partial charge in [0, 0.05) is 22.1 Å². The third-order valence-corrected chi connectivity index (χ3v) is 7.64. The highest BCUT2D eigenvalue weighted by Gasteiger charge is 2.16. The summed E-state index contributed by atoms with van der Waals surface area (Å²) < 4.78 is 7.63. The van der Waals surface area contributed by atoms with E-state index < -0.39 is 0 Å². The molecule has 1 N–H and O–H groups in total. The van der Waals surface area contributed by atoms with Gasteiger partial charge in [0.25, 0.3) is 0 Å². The highest BCUT2D eigenvalue weighted by Crippen LogP contribution is 2.37. The fraction of sp³-hybridized carbons (Fsp3) is 0.677. The number of allylic oxidation sites excluding steroid dienone is 1. The number of aliphatic hydroxyl groups excluding tert-OH is 1. The van der Waals surface area contributed by atoms with Gasteiger partial charge in [-0.15, -0.1) is 11.3 Å². The van der Waals surface area contributed by atoms with E-state index in [0.717, 1.165) is 25.4 Å². The van der Waals surface area contributed by atoms with Gasteiger partial charge < -0.3 is 9.84 Å². The smallest absolute Gasteiger partial charge is 0.122 e. The molecule has 194 valence electrons. The second-order valence-corrected chi connectivity index (χ2v) is 11.0. The van der Waals surface area contributed by atoms with Crippen molar-refractivity contribution in [2.24, 2.45) is 11.8 Å². The maximum Gasteiger partial charge on any atom is 0.122 e. The average molecular weight is 489 g/mol. The Morgan fingerprint density at radius 2 is 1.44 bits per heavy atom. The molecule has 2 aliphatic carbocycles. The highest BCUT2D eigenvalue weighted by atomic mass is 32.1. The summed E-state index contributed by atoms with van der Waals surface area (Å²) in [5.74, 6) is 2.40. The number of hydrogen-bond donors (Lipinski definition) is 1. The monoisotopic (exact) mass is 488 g/mol. The van der Waals surface area contributed by atoms with Gasteiger partial charge in [0.05, 0.1) is 6.61 Å². The molecule has 2 aliphatic rings. The molecule has 2 fully saturated rings. The predicted octanol–water partition coefficient (Wildman–Crippen LogP) is 10.1. The van der Waals surface area contributed by atoms with Crippen molar-refractivity contribution in [1.82, 2.24) is 0 Å². The molecule has 0 aliphatic heterocycles. The number of fused-ring (bicyclic) bond motifs is 1. The van der Waals surface area contributed by atoms with Crippen molar-refractivity contribution in [3.63, 3.8) is 0 Å². The van der Waals surface area contributed by atoms with Crippen LogP contribution in [0.3, 0.4) is 0 Å². The molecule has 2 saturated carbocycles. The van der Waals surface area contributed by atoms with E-state index in [1.165, 1.54) is 96.7 Å². The van der Waals surface area contributed by atoms with Gasteiger partial charge in [0.1, 0.15) is 5.75 Å². The summed E-state index contributed by atoms with van der Waals surface area (Å²) in [6, 6.07) is 4.58. The van der Waals surface area contributed by atoms with E-state index in [1.54, 1.807) is 0 Å². The fourth-order valence-corrected chi connectivity index (χ4v) is 5.77. The van der Waals surface area contributed by atoms with Crippen LogP contribution in [-0.4, -0.2) is 18.8 Å². The van der Waals surface area contributed by atoms with E-state index >= 15 is 0 Å². The summed E-state index contributed by atoms with van der Waals surface area (Å²) in [7, 11) is 1.00. The quantitative estimate of drug-likeness (QED) is 0.453. The number of aliphatic hydroxyl groups is 1. The zero-order valence-electron chi connectivity index (χ0n) is 23.2. The predicted molar refractivity (Wildman–Crippen MR) is 154 cm³/mol. The minimum Gasteiger partial charge on any atom is -0.493 e. The topological polar surface area (TPSA) is 29.5 Å². The lowest BCUT2D eigenvalue weighted by atomic mass is 9.90. The fourth-order valence-electron chi connectivity index (χ4n) is 4.64. The third-order valence-electron chi connectivity index (χ3n) is 6.56. The molecule has 4 rings (SSSR count). The van der Waals surface area contributed by atoms with Crippen LogP contribution in [0.25, 0.3) is 16.2 Å². The standard InChI is InChI=1S/C22H30OS.C6H12.C2H6.CH4O/c1-15(2)10-11-19-17(4)24-22-12-16(3)21(13-20(19)22)23-14-18-8-6-5-7-9-18;1-2-4-6-5-3-1;2*1-2/h10-13,15,18H,5-9,14H2,1-4H3;1-6H2;1-2H3;2H,1H3/b11-10-;;;. The molecule has 1 aromatic heterocycles. The molecule has 0 bridgehead atoms. The Balaban J connectivity index is 0.000000489. The van der Waals surface area contributed by atoms with Gasteiger partial charge in [-0.3, -0.25) is 0 Å². The maximum atomic E-state index is 7.00. The van der Waals surface area contributed by atoms with Gasteiger partial charge in [0.2, 0.25) is 0 Å². The highest BCUT2D eigenvalue weighted by molar-refractivity contribution is 7.19. The van der Waals surface area contributed by atoms with Crippen molar-refractivity contribution in [3.05, 3.63) is 34.2 Å². The van der Waals surface area contributed by atoms with Crippen LogP contribution in [0.1, 0.15) is 114 Å². The van der Waals surface area contributed by atoms with Gasteiger partial charge >= 0.3 is 0 Å². The Morgan fingerprint density at radius 3 is 1.97 bits per heavy atom. The van der Waals surface area contributed by atoms with E-state index in [0.29, 0.717) is 5.92 Å². The number of benzene rings is 1. The first-order valence-electron chi connectivity index (χ1n) is 13.8. The van der Waals surface area contributed by atoms with Gasteiger partial charge in [-0.1, -0.05) is 97.6 Å². The zero-order chi connectivity index (χ0) is 25.3. The lowest BCUT2D eigenvalue weighted by molar-refractivity contribution is 0.208. The first-order valence-corrected chi connectivity index (χ1v) is 14.7. The van der Waals surface area contributed by atoms with E-state index in [4.69, 9.17) is 9.84 Å². The summed E-state index contributed by atoms with van der Waals surface area (Å²) in [4.78, 5) is 1.39. The molecule has 0 radical (unpaired) electrons. The van der Waals surface area contributed by atoms with Crippen LogP contribution in [0, 0.1) is 25.7 Å². The van der Waals surface area contributed by atoms with Gasteiger partial charge in [0.15, 0.2) is 0 Å². The van der Waals surface area contributed by atoms with Crippen LogP contribution in [0.15, 0.2) is 18.2 Å². The molecular formula is C31H52O2S. The number of thiophene rings is 1. The third kappa shape index (κ3) is 10.5. The second kappa shape index (κ2) is 18.0. The van der Waals surface area contributed by atoms with Crippen LogP contribution in [-0.2, 0) is 0 Å². The maximum absolute atomic E-state index is 7.00. The van der Waals surface area contributed by atoms with Crippen LogP contribution in [0.5, 0.6) is 5.75 Å². The number of aryl methyl sites for hydroxylation is 2. The molecule has 2 aromatic rings. The largest absolute Gasteiger partial charge is 0.493 e. The molecule has 2 nitrogen and oxygen atoms in total. The molecule has 1 heterocycles. The van der Waals surface area contributed by atoms with Gasteiger partial charge in [-0.05, 0) is 61.8 Å². The van der Waals surface area contributed by atoms with E-state index in [9.17, 15) is 0 Å². The van der Waals surface area contributed by atoms with E-state index in [1.807, 2.05) is 25.2 Å². The Kier molecular flexibility index (Phi) is 16.3. The Bertz CT molecular complexity index is 797. The van der Waals surface area contributed by atoms with Crippen molar-refractivity contribution in [2.75, 3.05) is 13.7 Å². The normalized spacial score (nSPS) is 16.3. The van der Waals surface area contributed by atoms with Gasteiger partial charge in [-0.25, -0.2) is 0 Å². The van der Waals surface area contributed by atoms with Crippen molar-refractivity contribution in [1.29, 1.82) is 0 Å². The zero-order valence-corrected chi connectivity index (χ0v) is 24.0. The summed E-state index contributed by atoms with van der Waals surface area (Å²) in [5.41, 5.74) is 2.63. The SMILES string of the molecule is C1CCCCC1.CC.CO.Cc1cc2sc(C)c(/C=C\C(C)C)c2cc1OCC1CCCCC1. The molecule has 0 saturated heterocycles. The summed E-state index contributed by atoms with van der Waals surface area (Å²) in [6.45, 7) is 13.7. The Hall–Kier alpha value is -1.32. The Morgan fingerprint density at radius 1 is 0.912 bits per heavy atom. The molecule has 0 atom stereocenters. The minimum absolute atomic E-state index is 0.576. The average Bonchev–Trinajstić information content (AvgIpc) is 3.19. The van der Waals surface area contributed by atoms with Crippen LogP contribution in [0.2, 0.25) is 0 Å². The van der Waals surface area contributed by atoms with Crippen LogP contribution < -0.4 is 4.74 Å². The van der Waals surface area contributed by atoms with Crippen molar-refractivity contribution in [3.8, 4) is 5.75 Å². The molecule has 3 heteroatoms. The van der Waals surface area contributed by atoms with Crippen molar-refractivity contribution in [2.45, 2.75) is 112 Å². The molecule has 0 spiro atoms. The lowest BCUT2D eigenvalue weighted by Crippen LogP contribution is -2.15. The van der Waals surface area contributed by atoms with Crippen molar-refractivity contribution >= 4 is 27.5 Å². The number of rotatable bonds is 5. The van der Waals surface area contributed by atoms with Crippen LogP contribution >= 0.6 is 11.3 Å². The second-order valence-electron chi connectivity index (χ2n) is 9.73. The number of hydrogen-bond acceptors (Lipinski definition) is 3. The minimum atomic E-state index is 0.576. The first kappa shape index (κ1) is 30.7. The van der Waals surface area contributed by atoms with E-state index in [-0.39, 0.29) is 0 Å². The van der Waals surface area contributed by atoms with Gasteiger partial charge in [-0.2, -0.15) is 0 Å². The Labute approximate surface area is 214 Å². The molecule has 0 amide bonds.